The summed E-state index contributed by atoms with van der Waals surface area (Å²) in [6, 6.07) is 4.36. The molecule has 148 valence electrons. The summed E-state index contributed by atoms with van der Waals surface area (Å²) in [4.78, 5) is 17.4. The topological polar surface area (TPSA) is 66.0 Å². The number of likely N-dealkylation sites (N-methyl/N-ethyl adjacent to an activating group) is 1. The number of hydrogen-bond donors (Lipinski definition) is 2. The number of amides is 1. The lowest BCUT2D eigenvalue weighted by molar-refractivity contribution is -0.127. The van der Waals surface area contributed by atoms with Crippen LogP contribution in [0.2, 0.25) is 5.02 Å². The second-order valence-electron chi connectivity index (χ2n) is 5.36. The van der Waals surface area contributed by atoms with E-state index in [4.69, 9.17) is 11.6 Å². The Hall–Kier alpha value is -1.36. The SMILES string of the molecule is CCCNC(=NCc1cc(Cl)ccc1OC(F)F)NCC(=O)N(C)C.I. The number of aliphatic imine (C=N–C) groups is 1. The minimum Gasteiger partial charge on any atom is -0.434 e. The minimum absolute atomic E-state index is 0. The van der Waals surface area contributed by atoms with E-state index in [-0.39, 0.29) is 48.7 Å². The average Bonchev–Trinajstić information content (AvgIpc) is 2.55. The van der Waals surface area contributed by atoms with Crippen molar-refractivity contribution in [3.63, 3.8) is 0 Å². The number of hydrogen-bond acceptors (Lipinski definition) is 3. The second kappa shape index (κ2) is 12.9. The van der Waals surface area contributed by atoms with Crippen LogP contribution >= 0.6 is 35.6 Å². The quantitative estimate of drug-likeness (QED) is 0.324. The standard InChI is InChI=1S/C16H23ClF2N4O2.HI/c1-4-7-20-16(22-10-14(24)23(2)3)21-9-11-8-12(17)5-6-13(11)25-15(18)19;/h5-6,8,15H,4,7,9-10H2,1-3H3,(H2,20,21,22);1H. The van der Waals surface area contributed by atoms with Gasteiger partial charge in [-0.15, -0.1) is 24.0 Å². The predicted octanol–water partition coefficient (Wildman–Crippen LogP) is 3.09. The van der Waals surface area contributed by atoms with Crippen LogP contribution in [0.25, 0.3) is 0 Å². The predicted molar refractivity (Wildman–Crippen MR) is 110 cm³/mol. The Morgan fingerprint density at radius 2 is 2.04 bits per heavy atom. The number of halogens is 4. The van der Waals surface area contributed by atoms with Gasteiger partial charge < -0.3 is 20.3 Å². The maximum Gasteiger partial charge on any atom is 0.387 e. The van der Waals surface area contributed by atoms with E-state index in [0.29, 0.717) is 23.1 Å². The summed E-state index contributed by atoms with van der Waals surface area (Å²) in [5.74, 6) is 0.304. The Bertz CT molecular complexity index is 604. The Balaban J connectivity index is 0.00000625. The third kappa shape index (κ3) is 9.37. The maximum absolute atomic E-state index is 12.5. The van der Waals surface area contributed by atoms with Gasteiger partial charge in [-0.3, -0.25) is 4.79 Å². The number of benzene rings is 1. The fraction of sp³-hybridized carbons (Fsp3) is 0.500. The summed E-state index contributed by atoms with van der Waals surface area (Å²) in [6.07, 6.45) is 0.860. The zero-order valence-corrected chi connectivity index (χ0v) is 18.0. The normalized spacial score (nSPS) is 11.0. The number of ether oxygens (including phenoxy) is 1. The summed E-state index contributed by atoms with van der Waals surface area (Å²) in [5.41, 5.74) is 0.421. The molecule has 0 heterocycles. The van der Waals surface area contributed by atoms with E-state index in [1.54, 1.807) is 14.1 Å². The summed E-state index contributed by atoms with van der Waals surface area (Å²) >= 11 is 5.92. The second-order valence-corrected chi connectivity index (χ2v) is 5.80. The van der Waals surface area contributed by atoms with Gasteiger partial charge in [-0.25, -0.2) is 4.99 Å². The molecule has 0 atom stereocenters. The van der Waals surface area contributed by atoms with E-state index < -0.39 is 6.61 Å². The summed E-state index contributed by atoms with van der Waals surface area (Å²) in [5, 5.41) is 6.36. The van der Waals surface area contributed by atoms with Crippen molar-refractivity contribution in [1.29, 1.82) is 0 Å². The van der Waals surface area contributed by atoms with E-state index in [1.165, 1.54) is 23.1 Å². The van der Waals surface area contributed by atoms with Gasteiger partial charge in [0, 0.05) is 31.2 Å². The van der Waals surface area contributed by atoms with E-state index >= 15 is 0 Å². The zero-order chi connectivity index (χ0) is 18.8. The number of alkyl halides is 2. The molecule has 1 aromatic rings. The average molecular weight is 505 g/mol. The zero-order valence-electron chi connectivity index (χ0n) is 14.9. The smallest absolute Gasteiger partial charge is 0.387 e. The number of carbonyl (C=O) groups is 1. The lowest BCUT2D eigenvalue weighted by Crippen LogP contribution is -2.43. The Morgan fingerprint density at radius 1 is 1.35 bits per heavy atom. The largest absolute Gasteiger partial charge is 0.434 e. The molecule has 0 saturated carbocycles. The first kappa shape index (κ1) is 24.6. The van der Waals surface area contributed by atoms with E-state index in [1.807, 2.05) is 6.92 Å². The maximum atomic E-state index is 12.5. The first-order valence-electron chi connectivity index (χ1n) is 7.79. The van der Waals surface area contributed by atoms with Crippen molar-refractivity contribution in [2.75, 3.05) is 27.2 Å². The molecule has 2 N–H and O–H groups in total. The molecule has 1 rings (SSSR count). The molecule has 1 aromatic carbocycles. The van der Waals surface area contributed by atoms with Crippen LogP contribution < -0.4 is 15.4 Å². The fourth-order valence-corrected chi connectivity index (χ4v) is 1.98. The van der Waals surface area contributed by atoms with Crippen LogP contribution in [0.1, 0.15) is 18.9 Å². The number of guanidine groups is 1. The van der Waals surface area contributed by atoms with Gasteiger partial charge in [-0.05, 0) is 24.6 Å². The highest BCUT2D eigenvalue weighted by molar-refractivity contribution is 14.0. The Kier molecular flexibility index (Phi) is 12.2. The minimum atomic E-state index is -2.93. The highest BCUT2D eigenvalue weighted by Gasteiger charge is 2.11. The molecular formula is C16H24ClF2IN4O2. The lowest BCUT2D eigenvalue weighted by atomic mass is 10.2. The summed E-state index contributed by atoms with van der Waals surface area (Å²) < 4.78 is 29.5. The molecule has 26 heavy (non-hydrogen) atoms. The van der Waals surface area contributed by atoms with Gasteiger partial charge in [-0.1, -0.05) is 18.5 Å². The van der Waals surface area contributed by atoms with E-state index in [0.717, 1.165) is 6.42 Å². The van der Waals surface area contributed by atoms with Gasteiger partial charge in [0.15, 0.2) is 5.96 Å². The molecule has 0 unspecified atom stereocenters. The first-order valence-corrected chi connectivity index (χ1v) is 8.16. The van der Waals surface area contributed by atoms with Crippen molar-refractivity contribution in [2.45, 2.75) is 26.5 Å². The molecule has 0 aliphatic carbocycles. The molecule has 0 aliphatic rings. The summed E-state index contributed by atoms with van der Waals surface area (Å²) in [7, 11) is 3.31. The van der Waals surface area contributed by atoms with Crippen LogP contribution in [0.3, 0.4) is 0 Å². The Labute approximate surface area is 174 Å². The molecule has 0 spiro atoms. The van der Waals surface area contributed by atoms with Crippen LogP contribution in [0, 0.1) is 0 Å². The van der Waals surface area contributed by atoms with Crippen LogP contribution in [0.15, 0.2) is 23.2 Å². The third-order valence-corrected chi connectivity index (χ3v) is 3.33. The van der Waals surface area contributed by atoms with Crippen LogP contribution in [0.5, 0.6) is 5.75 Å². The van der Waals surface area contributed by atoms with Crippen molar-refractivity contribution < 1.29 is 18.3 Å². The Morgan fingerprint density at radius 3 is 2.62 bits per heavy atom. The highest BCUT2D eigenvalue weighted by Crippen LogP contribution is 2.25. The van der Waals surface area contributed by atoms with Gasteiger partial charge in [0.1, 0.15) is 5.75 Å². The van der Waals surface area contributed by atoms with Crippen molar-refractivity contribution in [3.05, 3.63) is 28.8 Å². The van der Waals surface area contributed by atoms with E-state index in [9.17, 15) is 13.6 Å². The molecule has 0 aromatic heterocycles. The fourth-order valence-electron chi connectivity index (χ4n) is 1.78. The molecule has 1 amide bonds. The summed E-state index contributed by atoms with van der Waals surface area (Å²) in [6.45, 7) is -0.160. The molecule has 0 radical (unpaired) electrons. The van der Waals surface area contributed by atoms with Crippen molar-refractivity contribution in [2.24, 2.45) is 4.99 Å². The van der Waals surface area contributed by atoms with Crippen LogP contribution in [-0.2, 0) is 11.3 Å². The third-order valence-electron chi connectivity index (χ3n) is 3.09. The number of nitrogens with one attached hydrogen (secondary N) is 2. The molecule has 0 fully saturated rings. The highest BCUT2D eigenvalue weighted by atomic mass is 127. The lowest BCUT2D eigenvalue weighted by Gasteiger charge is -2.15. The molecule has 0 bridgehead atoms. The number of nitrogens with zero attached hydrogens (tertiary/aromatic N) is 2. The first-order chi connectivity index (χ1) is 11.8. The molecule has 0 saturated heterocycles. The molecule has 6 nitrogen and oxygen atoms in total. The molecule has 0 aliphatic heterocycles. The van der Waals surface area contributed by atoms with Crippen LogP contribution in [-0.4, -0.2) is 50.6 Å². The molecule has 10 heteroatoms. The van der Waals surface area contributed by atoms with E-state index in [2.05, 4.69) is 20.4 Å². The number of carbonyl (C=O) groups excluding carboxylic acids is 1. The van der Waals surface area contributed by atoms with Crippen molar-refractivity contribution >= 4 is 47.4 Å². The van der Waals surface area contributed by atoms with Gasteiger partial charge >= 0.3 is 6.61 Å². The van der Waals surface area contributed by atoms with Crippen molar-refractivity contribution in [1.82, 2.24) is 15.5 Å². The molecular weight excluding hydrogens is 481 g/mol. The van der Waals surface area contributed by atoms with Gasteiger partial charge in [-0.2, -0.15) is 8.78 Å². The number of rotatable bonds is 8. The van der Waals surface area contributed by atoms with Crippen LogP contribution in [0.4, 0.5) is 8.78 Å². The van der Waals surface area contributed by atoms with Gasteiger partial charge in [0.05, 0.1) is 13.1 Å². The van der Waals surface area contributed by atoms with Crippen molar-refractivity contribution in [3.8, 4) is 5.75 Å². The monoisotopic (exact) mass is 504 g/mol. The van der Waals surface area contributed by atoms with Gasteiger partial charge in [0.2, 0.25) is 5.91 Å². The van der Waals surface area contributed by atoms with Gasteiger partial charge in [0.25, 0.3) is 0 Å².